The molecule has 0 aromatic carbocycles. The highest BCUT2D eigenvalue weighted by atomic mass is 32.1. The maximum absolute atomic E-state index is 13.3. The lowest BCUT2D eigenvalue weighted by Crippen LogP contribution is -2.46. The number of amides is 2. The molecule has 1 aliphatic carbocycles. The first-order valence-electron chi connectivity index (χ1n) is 11.0. The number of nitrogens with one attached hydrogen (secondary N) is 1. The van der Waals surface area contributed by atoms with E-state index in [0.29, 0.717) is 25.4 Å². The fourth-order valence-electron chi connectivity index (χ4n) is 4.88. The molecule has 160 valence electrons. The monoisotopic (exact) mass is 425 g/mol. The molecule has 3 heterocycles. The fraction of sp³-hybridized carbons (Fsp3) is 0.542. The van der Waals surface area contributed by atoms with E-state index < -0.39 is 0 Å². The Hall–Kier alpha value is -2.21. The number of nitrogens with zero attached hydrogens (tertiary/aromatic N) is 2. The molecule has 1 saturated carbocycles. The van der Waals surface area contributed by atoms with Gasteiger partial charge in [-0.25, -0.2) is 0 Å². The molecule has 30 heavy (non-hydrogen) atoms. The summed E-state index contributed by atoms with van der Waals surface area (Å²) in [4.78, 5) is 33.3. The molecule has 2 aliphatic rings. The third kappa shape index (κ3) is 4.43. The van der Waals surface area contributed by atoms with Crippen molar-refractivity contribution >= 4 is 23.2 Å². The number of carbonyl (C=O) groups is 2. The minimum Gasteiger partial charge on any atom is -0.352 e. The number of rotatable bonds is 5. The maximum Gasteiger partial charge on any atom is 0.228 e. The molecule has 0 saturated heterocycles. The summed E-state index contributed by atoms with van der Waals surface area (Å²) in [5, 5.41) is 5.06. The quantitative estimate of drug-likeness (QED) is 0.782. The highest BCUT2D eigenvalue weighted by Gasteiger charge is 2.38. The minimum atomic E-state index is -0.202. The van der Waals surface area contributed by atoms with Crippen LogP contribution in [0.15, 0.2) is 23.7 Å². The van der Waals surface area contributed by atoms with Gasteiger partial charge < -0.3 is 10.2 Å². The van der Waals surface area contributed by atoms with Gasteiger partial charge in [0.05, 0.1) is 6.42 Å². The van der Waals surface area contributed by atoms with Crippen LogP contribution in [0.1, 0.15) is 66.3 Å². The lowest BCUT2D eigenvalue weighted by Gasteiger charge is -2.39. The molecule has 1 aliphatic heterocycles. The van der Waals surface area contributed by atoms with E-state index in [1.165, 1.54) is 12.0 Å². The van der Waals surface area contributed by atoms with Crippen LogP contribution in [0.25, 0.3) is 0 Å². The molecule has 2 amide bonds. The number of fused-ring (bicyclic) bond motifs is 1. The van der Waals surface area contributed by atoms with Gasteiger partial charge in [0.25, 0.3) is 0 Å². The Balaban J connectivity index is 1.44. The summed E-state index contributed by atoms with van der Waals surface area (Å²) in [6.45, 7) is 6.03. The Morgan fingerprint density at radius 1 is 1.27 bits per heavy atom. The highest BCUT2D eigenvalue weighted by molar-refractivity contribution is 7.10. The summed E-state index contributed by atoms with van der Waals surface area (Å²) in [5.74, 6) is 0.339. The van der Waals surface area contributed by atoms with E-state index in [1.807, 2.05) is 35.5 Å². The van der Waals surface area contributed by atoms with Crippen LogP contribution in [0.2, 0.25) is 0 Å². The lowest BCUT2D eigenvalue weighted by molar-refractivity contribution is -0.144. The van der Waals surface area contributed by atoms with Gasteiger partial charge in [0, 0.05) is 41.8 Å². The van der Waals surface area contributed by atoms with Crippen LogP contribution >= 0.6 is 11.3 Å². The molecular formula is C24H31N3O2S. The van der Waals surface area contributed by atoms with Crippen molar-refractivity contribution in [2.75, 3.05) is 6.54 Å². The zero-order valence-corrected chi connectivity index (χ0v) is 18.8. The van der Waals surface area contributed by atoms with E-state index in [0.717, 1.165) is 60.3 Å². The Labute approximate surface area is 182 Å². The van der Waals surface area contributed by atoms with Gasteiger partial charge >= 0.3 is 0 Å². The maximum atomic E-state index is 13.3. The van der Waals surface area contributed by atoms with E-state index in [-0.39, 0.29) is 11.3 Å². The van der Waals surface area contributed by atoms with Crippen molar-refractivity contribution in [3.05, 3.63) is 51.0 Å². The number of carbonyl (C=O) groups excluding carboxylic acids is 2. The summed E-state index contributed by atoms with van der Waals surface area (Å²) in [5.41, 5.74) is 4.26. The van der Waals surface area contributed by atoms with Crippen molar-refractivity contribution in [3.63, 3.8) is 0 Å². The van der Waals surface area contributed by atoms with E-state index in [4.69, 9.17) is 0 Å². The normalized spacial score (nSPS) is 18.0. The van der Waals surface area contributed by atoms with Gasteiger partial charge in [-0.2, -0.15) is 0 Å². The van der Waals surface area contributed by atoms with Crippen LogP contribution in [0.4, 0.5) is 0 Å². The Kier molecular flexibility index (Phi) is 6.23. The van der Waals surface area contributed by atoms with Gasteiger partial charge in [-0.05, 0) is 54.3 Å². The average molecular weight is 426 g/mol. The van der Waals surface area contributed by atoms with Crippen LogP contribution in [-0.2, 0) is 35.5 Å². The Morgan fingerprint density at radius 3 is 2.80 bits per heavy atom. The van der Waals surface area contributed by atoms with Crippen molar-refractivity contribution in [2.24, 2.45) is 5.41 Å². The fourth-order valence-corrected chi connectivity index (χ4v) is 5.58. The first-order chi connectivity index (χ1) is 14.5. The second kappa shape index (κ2) is 8.88. The molecule has 2 aromatic heterocycles. The summed E-state index contributed by atoms with van der Waals surface area (Å²) in [7, 11) is 0. The standard InChI is InChI=1S/C24H31N3O2S/c1-17-21(15-26-22(28)13-19-7-6-12-30-19)20-8-11-27(16-18(20)14-25-17)23(29)24(2)9-4-3-5-10-24/h6-7,12,14H,3-5,8-11,13,15-16H2,1-2H3,(H,26,28). The molecule has 1 fully saturated rings. The first kappa shape index (κ1) is 21.0. The molecule has 0 spiro atoms. The number of aromatic nitrogens is 1. The highest BCUT2D eigenvalue weighted by Crippen LogP contribution is 2.38. The van der Waals surface area contributed by atoms with E-state index in [2.05, 4.69) is 17.2 Å². The van der Waals surface area contributed by atoms with Crippen LogP contribution in [-0.4, -0.2) is 28.2 Å². The Bertz CT molecular complexity index is 917. The van der Waals surface area contributed by atoms with Crippen molar-refractivity contribution in [1.82, 2.24) is 15.2 Å². The topological polar surface area (TPSA) is 62.3 Å². The van der Waals surface area contributed by atoms with Crippen LogP contribution < -0.4 is 5.32 Å². The van der Waals surface area contributed by atoms with Crippen molar-refractivity contribution in [3.8, 4) is 0 Å². The van der Waals surface area contributed by atoms with Gasteiger partial charge in [-0.1, -0.05) is 32.3 Å². The van der Waals surface area contributed by atoms with Crippen LogP contribution in [0.3, 0.4) is 0 Å². The molecule has 4 rings (SSSR count). The molecule has 1 N–H and O–H groups in total. The van der Waals surface area contributed by atoms with Crippen molar-refractivity contribution in [1.29, 1.82) is 0 Å². The smallest absolute Gasteiger partial charge is 0.228 e. The molecule has 6 heteroatoms. The molecular weight excluding hydrogens is 394 g/mol. The predicted octanol–water partition coefficient (Wildman–Crippen LogP) is 4.17. The minimum absolute atomic E-state index is 0.0345. The van der Waals surface area contributed by atoms with E-state index >= 15 is 0 Å². The summed E-state index contributed by atoms with van der Waals surface area (Å²) in [6.07, 6.45) is 8.73. The van der Waals surface area contributed by atoms with Gasteiger partial charge in [-0.15, -0.1) is 11.3 Å². The number of hydrogen-bond acceptors (Lipinski definition) is 4. The van der Waals surface area contributed by atoms with Crippen LogP contribution in [0.5, 0.6) is 0 Å². The molecule has 5 nitrogen and oxygen atoms in total. The largest absolute Gasteiger partial charge is 0.352 e. The SMILES string of the molecule is Cc1ncc2c(c1CNC(=O)Cc1cccs1)CCN(C(=O)C1(C)CCCCC1)C2. The average Bonchev–Trinajstić information content (AvgIpc) is 3.25. The number of aryl methyl sites for hydroxylation is 1. The summed E-state index contributed by atoms with van der Waals surface area (Å²) >= 11 is 1.60. The molecule has 0 bridgehead atoms. The number of thiophene rings is 1. The van der Waals surface area contributed by atoms with Crippen molar-refractivity contribution < 1.29 is 9.59 Å². The molecule has 0 radical (unpaired) electrons. The second-order valence-electron chi connectivity index (χ2n) is 8.96. The summed E-state index contributed by atoms with van der Waals surface area (Å²) < 4.78 is 0. The van der Waals surface area contributed by atoms with Gasteiger partial charge in [-0.3, -0.25) is 14.6 Å². The number of hydrogen-bond donors (Lipinski definition) is 1. The third-order valence-electron chi connectivity index (χ3n) is 6.73. The van der Waals surface area contributed by atoms with Gasteiger partial charge in [0.1, 0.15) is 0 Å². The molecule has 0 atom stereocenters. The predicted molar refractivity (Wildman–Crippen MR) is 119 cm³/mol. The lowest BCUT2D eigenvalue weighted by atomic mass is 9.74. The van der Waals surface area contributed by atoms with E-state index in [9.17, 15) is 9.59 Å². The molecule has 2 aromatic rings. The zero-order valence-electron chi connectivity index (χ0n) is 18.0. The third-order valence-corrected chi connectivity index (χ3v) is 7.61. The van der Waals surface area contributed by atoms with Gasteiger partial charge in [0.2, 0.25) is 11.8 Å². The number of pyridine rings is 1. The zero-order chi connectivity index (χ0) is 21.1. The summed E-state index contributed by atoms with van der Waals surface area (Å²) in [6, 6.07) is 3.95. The second-order valence-corrected chi connectivity index (χ2v) is 9.99. The van der Waals surface area contributed by atoms with Crippen molar-refractivity contribution in [2.45, 2.75) is 71.9 Å². The van der Waals surface area contributed by atoms with Gasteiger partial charge in [0.15, 0.2) is 0 Å². The van der Waals surface area contributed by atoms with E-state index in [1.54, 1.807) is 11.3 Å². The Morgan fingerprint density at radius 2 is 2.07 bits per heavy atom. The molecule has 0 unspecified atom stereocenters. The van der Waals surface area contributed by atoms with Crippen LogP contribution in [0, 0.1) is 12.3 Å². The first-order valence-corrected chi connectivity index (χ1v) is 11.9.